The molecule has 0 unspecified atom stereocenters. The zero-order valence-corrected chi connectivity index (χ0v) is 10.1. The summed E-state index contributed by atoms with van der Waals surface area (Å²) in [6.45, 7) is 0. The Morgan fingerprint density at radius 3 is 2.40 bits per heavy atom. The molecule has 1 aromatic carbocycles. The van der Waals surface area contributed by atoms with Gasteiger partial charge in [-0.15, -0.1) is 11.6 Å². The predicted molar refractivity (Wildman–Crippen MR) is 61.4 cm³/mol. The van der Waals surface area contributed by atoms with E-state index in [1.54, 1.807) is 0 Å². The first kappa shape index (κ1) is 9.06. The van der Waals surface area contributed by atoms with E-state index in [1.807, 2.05) is 0 Å². The molecule has 0 amide bonds. The van der Waals surface area contributed by atoms with Crippen LogP contribution in [0.25, 0.3) is 0 Å². The minimum Gasteiger partial charge on any atom is -0.122 e. The molecule has 0 spiro atoms. The summed E-state index contributed by atoms with van der Waals surface area (Å²) >= 11 is 10.3. The van der Waals surface area contributed by atoms with Gasteiger partial charge in [0.1, 0.15) is 0 Å². The molecule has 3 heteroatoms. The van der Waals surface area contributed by atoms with Gasteiger partial charge in [-0.05, 0) is 62.9 Å². The van der Waals surface area contributed by atoms with Gasteiger partial charge in [0, 0.05) is 13.0 Å². The molecule has 0 aliphatic carbocycles. The third kappa shape index (κ3) is 2.23. The van der Waals surface area contributed by atoms with Gasteiger partial charge in [0.05, 0.1) is 0 Å². The minimum atomic E-state index is 0.604. The lowest BCUT2D eigenvalue weighted by Gasteiger charge is -1.97. The van der Waals surface area contributed by atoms with E-state index in [1.165, 1.54) is 12.7 Å². The van der Waals surface area contributed by atoms with E-state index in [2.05, 4.69) is 63.4 Å². The van der Waals surface area contributed by atoms with Crippen molar-refractivity contribution in [2.24, 2.45) is 0 Å². The Kier molecular flexibility index (Phi) is 3.72. The normalized spacial score (nSPS) is 9.90. The van der Waals surface area contributed by atoms with Crippen molar-refractivity contribution in [2.75, 3.05) is 0 Å². The highest BCUT2D eigenvalue weighted by molar-refractivity contribution is 14.1. The monoisotopic (exact) mass is 378 g/mol. The molecule has 0 saturated carbocycles. The summed E-state index contributed by atoms with van der Waals surface area (Å²) in [4.78, 5) is 0. The average Bonchev–Trinajstić information content (AvgIpc) is 1.95. The second kappa shape index (κ2) is 4.11. The SMILES string of the molecule is ClCc1ccc(I)c(I)c1. The van der Waals surface area contributed by atoms with E-state index in [-0.39, 0.29) is 0 Å². The summed E-state index contributed by atoms with van der Waals surface area (Å²) in [6, 6.07) is 6.24. The molecular formula is C7H5ClI2. The van der Waals surface area contributed by atoms with Gasteiger partial charge in [-0.1, -0.05) is 6.07 Å². The van der Waals surface area contributed by atoms with Gasteiger partial charge in [0.25, 0.3) is 0 Å². The van der Waals surface area contributed by atoms with Crippen LogP contribution in [-0.2, 0) is 5.88 Å². The second-order valence-electron chi connectivity index (χ2n) is 1.88. The Labute approximate surface area is 92.6 Å². The van der Waals surface area contributed by atoms with Gasteiger partial charge < -0.3 is 0 Å². The Bertz CT molecular complexity index is 235. The van der Waals surface area contributed by atoms with Crippen LogP contribution < -0.4 is 0 Å². The maximum Gasteiger partial charge on any atom is 0.0474 e. The van der Waals surface area contributed by atoms with Gasteiger partial charge in [-0.2, -0.15) is 0 Å². The van der Waals surface area contributed by atoms with Crippen LogP contribution in [-0.4, -0.2) is 0 Å². The first-order valence-corrected chi connectivity index (χ1v) is 5.43. The Balaban J connectivity index is 3.04. The number of alkyl halides is 1. The highest BCUT2D eigenvalue weighted by atomic mass is 127. The van der Waals surface area contributed by atoms with Crippen LogP contribution in [0.3, 0.4) is 0 Å². The van der Waals surface area contributed by atoms with Crippen molar-refractivity contribution in [3.05, 3.63) is 30.9 Å². The van der Waals surface area contributed by atoms with Crippen molar-refractivity contribution in [1.29, 1.82) is 0 Å². The fraction of sp³-hybridized carbons (Fsp3) is 0.143. The first-order valence-electron chi connectivity index (χ1n) is 2.74. The molecule has 1 aromatic rings. The van der Waals surface area contributed by atoms with Crippen LogP contribution in [0.4, 0.5) is 0 Å². The summed E-state index contributed by atoms with van der Waals surface area (Å²) in [5, 5.41) is 0. The van der Waals surface area contributed by atoms with Crippen LogP contribution in [0.2, 0.25) is 0 Å². The van der Waals surface area contributed by atoms with Crippen molar-refractivity contribution in [3.63, 3.8) is 0 Å². The molecule has 10 heavy (non-hydrogen) atoms. The smallest absolute Gasteiger partial charge is 0.0474 e. The summed E-state index contributed by atoms with van der Waals surface area (Å²) in [5.41, 5.74) is 1.19. The van der Waals surface area contributed by atoms with Gasteiger partial charge in [-0.25, -0.2) is 0 Å². The Hall–Kier alpha value is 0.970. The lowest BCUT2D eigenvalue weighted by molar-refractivity contribution is 1.37. The number of hydrogen-bond acceptors (Lipinski definition) is 0. The van der Waals surface area contributed by atoms with Crippen molar-refractivity contribution >= 4 is 56.8 Å². The standard InChI is InChI=1S/C7H5ClI2/c8-4-5-1-2-6(9)7(10)3-5/h1-3H,4H2. The summed E-state index contributed by atoms with van der Waals surface area (Å²) in [7, 11) is 0. The Morgan fingerprint density at radius 1 is 1.20 bits per heavy atom. The zero-order chi connectivity index (χ0) is 7.56. The minimum absolute atomic E-state index is 0.604. The van der Waals surface area contributed by atoms with Crippen molar-refractivity contribution in [2.45, 2.75) is 5.88 Å². The van der Waals surface area contributed by atoms with Crippen LogP contribution >= 0.6 is 56.8 Å². The van der Waals surface area contributed by atoms with E-state index < -0.39 is 0 Å². The number of halogens is 3. The van der Waals surface area contributed by atoms with Crippen molar-refractivity contribution < 1.29 is 0 Å². The molecule has 0 nitrogen and oxygen atoms in total. The molecule has 0 aliphatic rings. The zero-order valence-electron chi connectivity index (χ0n) is 5.07. The molecule has 0 aliphatic heterocycles. The first-order chi connectivity index (χ1) is 4.74. The fourth-order valence-corrected chi connectivity index (χ4v) is 1.70. The maximum atomic E-state index is 5.65. The quantitative estimate of drug-likeness (QED) is 0.517. The largest absolute Gasteiger partial charge is 0.122 e. The lowest BCUT2D eigenvalue weighted by Crippen LogP contribution is -1.82. The third-order valence-electron chi connectivity index (χ3n) is 1.14. The molecule has 0 radical (unpaired) electrons. The molecule has 0 atom stereocenters. The molecule has 0 bridgehead atoms. The fourth-order valence-electron chi connectivity index (χ4n) is 0.623. The van der Waals surface area contributed by atoms with E-state index in [9.17, 15) is 0 Å². The lowest BCUT2D eigenvalue weighted by atomic mass is 10.2. The van der Waals surface area contributed by atoms with Crippen LogP contribution in [0.15, 0.2) is 18.2 Å². The van der Waals surface area contributed by atoms with Crippen molar-refractivity contribution in [1.82, 2.24) is 0 Å². The van der Waals surface area contributed by atoms with Gasteiger partial charge in [0.2, 0.25) is 0 Å². The molecule has 0 saturated heterocycles. The van der Waals surface area contributed by atoms with E-state index in [0.29, 0.717) is 5.88 Å². The average molecular weight is 378 g/mol. The molecular weight excluding hydrogens is 373 g/mol. The van der Waals surface area contributed by atoms with Crippen LogP contribution in [0.5, 0.6) is 0 Å². The molecule has 0 N–H and O–H groups in total. The highest BCUT2D eigenvalue weighted by Gasteiger charge is 1.95. The van der Waals surface area contributed by atoms with Gasteiger partial charge in [0.15, 0.2) is 0 Å². The molecule has 54 valence electrons. The van der Waals surface area contributed by atoms with Gasteiger partial charge in [-0.3, -0.25) is 0 Å². The van der Waals surface area contributed by atoms with Gasteiger partial charge >= 0.3 is 0 Å². The molecule has 1 rings (SSSR count). The third-order valence-corrected chi connectivity index (χ3v) is 4.31. The van der Waals surface area contributed by atoms with Crippen LogP contribution in [0, 0.1) is 7.14 Å². The topological polar surface area (TPSA) is 0 Å². The number of rotatable bonds is 1. The number of benzene rings is 1. The van der Waals surface area contributed by atoms with Crippen molar-refractivity contribution in [3.8, 4) is 0 Å². The predicted octanol–water partition coefficient (Wildman–Crippen LogP) is 3.63. The molecule has 0 heterocycles. The summed E-state index contributed by atoms with van der Waals surface area (Å²) < 4.78 is 2.56. The summed E-state index contributed by atoms with van der Waals surface area (Å²) in [6.07, 6.45) is 0. The van der Waals surface area contributed by atoms with Crippen LogP contribution in [0.1, 0.15) is 5.56 Å². The summed E-state index contributed by atoms with van der Waals surface area (Å²) in [5.74, 6) is 0.604. The van der Waals surface area contributed by atoms with E-state index >= 15 is 0 Å². The second-order valence-corrected chi connectivity index (χ2v) is 4.47. The maximum absolute atomic E-state index is 5.65. The highest BCUT2D eigenvalue weighted by Crippen LogP contribution is 2.17. The van der Waals surface area contributed by atoms with E-state index in [0.717, 1.165) is 0 Å². The van der Waals surface area contributed by atoms with E-state index in [4.69, 9.17) is 11.6 Å². The Morgan fingerprint density at radius 2 is 1.90 bits per heavy atom. The molecule has 0 aromatic heterocycles. The molecule has 0 fully saturated rings. The number of hydrogen-bond donors (Lipinski definition) is 0.